The Balaban J connectivity index is 1.33. The van der Waals surface area contributed by atoms with Gasteiger partial charge in [-0.25, -0.2) is 0 Å². The number of nitrogens with zero attached hydrogens (tertiary/aromatic N) is 1. The van der Waals surface area contributed by atoms with Crippen molar-refractivity contribution in [2.45, 2.75) is 44.9 Å². The number of allylic oxidation sites excluding steroid dienone is 1. The fourth-order valence-electron chi connectivity index (χ4n) is 3.89. The molecule has 1 aliphatic carbocycles. The molecule has 1 aliphatic heterocycles. The van der Waals surface area contributed by atoms with Crippen molar-refractivity contribution in [2.75, 3.05) is 26.2 Å². The van der Waals surface area contributed by atoms with Gasteiger partial charge in [-0.1, -0.05) is 23.3 Å². The maximum atomic E-state index is 12.5. The number of benzene rings is 1. The maximum Gasteiger partial charge on any atom is 0.309 e. The molecular formula is C23H29ClN2O4. The largest absolute Gasteiger partial charge is 0.455 e. The monoisotopic (exact) mass is 432 g/mol. The van der Waals surface area contributed by atoms with E-state index in [0.717, 1.165) is 19.3 Å². The minimum atomic E-state index is -0.362. The molecule has 30 heavy (non-hydrogen) atoms. The third-order valence-corrected chi connectivity index (χ3v) is 5.96. The van der Waals surface area contributed by atoms with Gasteiger partial charge < -0.3 is 15.0 Å². The molecule has 0 unspecified atom stereocenters. The lowest BCUT2D eigenvalue weighted by Gasteiger charge is -2.31. The first-order chi connectivity index (χ1) is 14.5. The number of halogens is 1. The molecule has 6 nitrogen and oxygen atoms in total. The minimum absolute atomic E-state index is 0.0639. The Hall–Kier alpha value is -2.34. The summed E-state index contributed by atoms with van der Waals surface area (Å²) >= 11 is 5.86. The van der Waals surface area contributed by atoms with Gasteiger partial charge in [0.2, 0.25) is 0 Å². The van der Waals surface area contributed by atoms with E-state index in [1.807, 2.05) is 0 Å². The van der Waals surface area contributed by atoms with E-state index >= 15 is 0 Å². The fraction of sp³-hybridized carbons (Fsp3) is 0.522. The Morgan fingerprint density at radius 2 is 1.83 bits per heavy atom. The Bertz CT molecular complexity index is 783. The van der Waals surface area contributed by atoms with Gasteiger partial charge in [-0.05, 0) is 69.2 Å². The first-order valence-electron chi connectivity index (χ1n) is 10.7. The van der Waals surface area contributed by atoms with Crippen molar-refractivity contribution in [3.63, 3.8) is 0 Å². The van der Waals surface area contributed by atoms with Crippen LogP contribution in [-0.2, 0) is 14.3 Å². The van der Waals surface area contributed by atoms with E-state index in [4.69, 9.17) is 16.3 Å². The van der Waals surface area contributed by atoms with Crippen molar-refractivity contribution in [2.24, 2.45) is 5.92 Å². The van der Waals surface area contributed by atoms with Crippen molar-refractivity contribution in [3.8, 4) is 0 Å². The highest BCUT2D eigenvalue weighted by Gasteiger charge is 2.29. The minimum Gasteiger partial charge on any atom is -0.455 e. The summed E-state index contributed by atoms with van der Waals surface area (Å²) in [5.41, 5.74) is 1.99. The Labute approximate surface area is 182 Å². The van der Waals surface area contributed by atoms with Gasteiger partial charge >= 0.3 is 5.97 Å². The van der Waals surface area contributed by atoms with Crippen molar-refractivity contribution < 1.29 is 19.1 Å². The smallest absolute Gasteiger partial charge is 0.309 e. The molecular weight excluding hydrogens is 404 g/mol. The summed E-state index contributed by atoms with van der Waals surface area (Å²) in [5, 5.41) is 3.40. The number of likely N-dealkylation sites (tertiary alicyclic amines) is 1. The number of carbonyl (C=O) groups excluding carboxylic acids is 3. The maximum absolute atomic E-state index is 12.5. The molecule has 2 aliphatic rings. The van der Waals surface area contributed by atoms with Crippen LogP contribution in [-0.4, -0.2) is 48.9 Å². The van der Waals surface area contributed by atoms with Crippen LogP contribution >= 0.6 is 11.6 Å². The molecule has 0 saturated carbocycles. The number of rotatable bonds is 7. The summed E-state index contributed by atoms with van der Waals surface area (Å²) < 4.78 is 5.20. The molecule has 1 saturated heterocycles. The molecule has 7 heteroatoms. The zero-order valence-corrected chi connectivity index (χ0v) is 18.0. The zero-order valence-electron chi connectivity index (χ0n) is 17.2. The molecule has 3 rings (SSSR count). The van der Waals surface area contributed by atoms with Crippen molar-refractivity contribution in [1.82, 2.24) is 10.2 Å². The number of hydrogen-bond donors (Lipinski definition) is 1. The lowest BCUT2D eigenvalue weighted by atomic mass is 9.96. The van der Waals surface area contributed by atoms with Crippen LogP contribution < -0.4 is 5.32 Å². The second kappa shape index (κ2) is 11.2. The first-order valence-corrected chi connectivity index (χ1v) is 11.1. The molecule has 1 heterocycles. The van der Waals surface area contributed by atoms with Crippen LogP contribution in [0.5, 0.6) is 0 Å². The zero-order chi connectivity index (χ0) is 21.3. The first kappa shape index (κ1) is 22.3. The molecule has 2 amide bonds. The summed E-state index contributed by atoms with van der Waals surface area (Å²) in [4.78, 5) is 38.5. The van der Waals surface area contributed by atoms with Crippen molar-refractivity contribution >= 4 is 29.4 Å². The fourth-order valence-corrected chi connectivity index (χ4v) is 4.02. The number of amides is 2. The molecule has 0 atom stereocenters. The summed E-state index contributed by atoms with van der Waals surface area (Å²) in [7, 11) is 0. The molecule has 1 fully saturated rings. The molecule has 0 aromatic heterocycles. The van der Waals surface area contributed by atoms with Crippen LogP contribution in [0.1, 0.15) is 55.3 Å². The van der Waals surface area contributed by atoms with E-state index in [2.05, 4.69) is 11.4 Å². The van der Waals surface area contributed by atoms with Gasteiger partial charge in [-0.15, -0.1) is 0 Å². The van der Waals surface area contributed by atoms with Gasteiger partial charge in [0.25, 0.3) is 11.8 Å². The molecule has 0 radical (unpaired) electrons. The summed E-state index contributed by atoms with van der Waals surface area (Å²) in [5.74, 6) is -0.973. The highest BCUT2D eigenvalue weighted by molar-refractivity contribution is 6.30. The second-order valence-electron chi connectivity index (χ2n) is 7.89. The molecule has 162 valence electrons. The van der Waals surface area contributed by atoms with E-state index in [1.54, 1.807) is 29.2 Å². The van der Waals surface area contributed by atoms with Crippen molar-refractivity contribution in [3.05, 3.63) is 46.5 Å². The lowest BCUT2D eigenvalue weighted by Crippen LogP contribution is -2.41. The van der Waals surface area contributed by atoms with E-state index < -0.39 is 0 Å². The highest BCUT2D eigenvalue weighted by atomic mass is 35.5. The molecule has 0 bridgehead atoms. The number of esters is 1. The summed E-state index contributed by atoms with van der Waals surface area (Å²) in [6.45, 7) is 1.31. The van der Waals surface area contributed by atoms with Crippen LogP contribution in [0.2, 0.25) is 5.02 Å². The van der Waals surface area contributed by atoms with Gasteiger partial charge in [0.05, 0.1) is 5.92 Å². The van der Waals surface area contributed by atoms with Gasteiger partial charge in [0.15, 0.2) is 6.61 Å². The predicted molar refractivity (Wildman–Crippen MR) is 115 cm³/mol. The predicted octanol–water partition coefficient (Wildman–Crippen LogP) is 3.74. The average molecular weight is 433 g/mol. The topological polar surface area (TPSA) is 75.7 Å². The van der Waals surface area contributed by atoms with Gasteiger partial charge in [-0.2, -0.15) is 0 Å². The van der Waals surface area contributed by atoms with Crippen LogP contribution in [0, 0.1) is 5.92 Å². The lowest BCUT2D eigenvalue weighted by molar-refractivity contribution is -0.153. The number of hydrogen-bond acceptors (Lipinski definition) is 4. The molecule has 1 N–H and O–H groups in total. The van der Waals surface area contributed by atoms with Crippen LogP contribution in [0.15, 0.2) is 35.9 Å². The Morgan fingerprint density at radius 3 is 2.50 bits per heavy atom. The van der Waals surface area contributed by atoms with E-state index in [9.17, 15) is 14.4 Å². The number of piperidine rings is 1. The molecule has 1 aromatic carbocycles. The third kappa shape index (κ3) is 6.59. The number of carbonyl (C=O) groups is 3. The van der Waals surface area contributed by atoms with Gasteiger partial charge in [-0.3, -0.25) is 14.4 Å². The quantitative estimate of drug-likeness (QED) is 0.526. The summed E-state index contributed by atoms with van der Waals surface area (Å²) in [6.07, 6.45) is 8.91. The Morgan fingerprint density at radius 1 is 1.10 bits per heavy atom. The van der Waals surface area contributed by atoms with E-state index in [0.29, 0.717) is 43.1 Å². The highest BCUT2D eigenvalue weighted by Crippen LogP contribution is 2.21. The molecule has 0 spiro atoms. The number of ether oxygens (including phenoxy) is 1. The third-order valence-electron chi connectivity index (χ3n) is 5.71. The Kier molecular flexibility index (Phi) is 8.31. The SMILES string of the molecule is O=C(COC(=O)C1CCN(C(=O)c2ccc(Cl)cc2)CC1)NCCC1=CCCCC1. The molecule has 1 aromatic rings. The standard InChI is InChI=1S/C23H29ClN2O4/c24-20-8-6-18(7-9-20)22(28)26-14-11-19(12-15-26)23(29)30-16-21(27)25-13-10-17-4-2-1-3-5-17/h4,6-9,19H,1-3,5,10-16H2,(H,25,27). The normalized spacial score (nSPS) is 17.2. The van der Waals surface area contributed by atoms with Gasteiger partial charge in [0, 0.05) is 30.2 Å². The average Bonchev–Trinajstić information content (AvgIpc) is 2.78. The van der Waals surface area contributed by atoms with E-state index in [1.165, 1.54) is 18.4 Å². The van der Waals surface area contributed by atoms with Crippen LogP contribution in [0.4, 0.5) is 0 Å². The van der Waals surface area contributed by atoms with Gasteiger partial charge in [0.1, 0.15) is 0 Å². The van der Waals surface area contributed by atoms with Crippen molar-refractivity contribution in [1.29, 1.82) is 0 Å². The van der Waals surface area contributed by atoms with Crippen LogP contribution in [0.3, 0.4) is 0 Å². The van der Waals surface area contributed by atoms with E-state index in [-0.39, 0.29) is 30.3 Å². The number of nitrogens with one attached hydrogen (secondary N) is 1. The summed E-state index contributed by atoms with van der Waals surface area (Å²) in [6, 6.07) is 6.79. The second-order valence-corrected chi connectivity index (χ2v) is 8.33. The van der Waals surface area contributed by atoms with Crippen LogP contribution in [0.25, 0.3) is 0 Å².